The highest BCUT2D eigenvalue weighted by atomic mass is 15.6. The maximum atomic E-state index is 7.70. The fourth-order valence-corrected chi connectivity index (χ4v) is 1.93. The lowest BCUT2D eigenvalue weighted by Gasteiger charge is -2.25. The molecule has 2 heterocycles. The number of benzene rings is 1. The Hall–Kier alpha value is -2.37. The molecule has 0 amide bonds. The first-order chi connectivity index (χ1) is 8.19. The highest BCUT2D eigenvalue weighted by Gasteiger charge is 2.34. The van der Waals surface area contributed by atoms with Crippen LogP contribution in [0, 0.1) is 5.41 Å². The maximum absolute atomic E-state index is 7.70. The van der Waals surface area contributed by atoms with Crippen molar-refractivity contribution >= 4 is 5.95 Å². The van der Waals surface area contributed by atoms with E-state index in [-0.39, 0.29) is 5.62 Å². The Bertz CT molecular complexity index is 605. The van der Waals surface area contributed by atoms with Gasteiger partial charge in [-0.05, 0) is 12.5 Å². The van der Waals surface area contributed by atoms with E-state index in [1.807, 2.05) is 37.3 Å². The summed E-state index contributed by atoms with van der Waals surface area (Å²) in [6, 6.07) is 9.96. The van der Waals surface area contributed by atoms with E-state index in [1.54, 1.807) is 0 Å². The molecule has 0 radical (unpaired) electrons. The third-order valence-corrected chi connectivity index (χ3v) is 2.83. The number of hydrogen-bond acceptors (Lipinski definition) is 5. The predicted octanol–water partition coefficient (Wildman–Crippen LogP) is 0.599. The van der Waals surface area contributed by atoms with Crippen molar-refractivity contribution in [2.24, 2.45) is 0 Å². The first-order valence-corrected chi connectivity index (χ1v) is 5.30. The van der Waals surface area contributed by atoms with Crippen molar-refractivity contribution < 1.29 is 0 Å². The van der Waals surface area contributed by atoms with E-state index >= 15 is 0 Å². The number of aromatic nitrogens is 3. The van der Waals surface area contributed by atoms with Crippen LogP contribution in [0.15, 0.2) is 36.7 Å². The Morgan fingerprint density at radius 2 is 2.00 bits per heavy atom. The van der Waals surface area contributed by atoms with Crippen molar-refractivity contribution in [3.63, 3.8) is 0 Å². The molecule has 2 aromatic rings. The van der Waals surface area contributed by atoms with Gasteiger partial charge in [-0.15, -0.1) is 0 Å². The molecule has 6 nitrogen and oxygen atoms in total. The predicted molar refractivity (Wildman–Crippen MR) is 62.7 cm³/mol. The van der Waals surface area contributed by atoms with Crippen molar-refractivity contribution in [1.82, 2.24) is 14.6 Å². The average Bonchev–Trinajstić information content (AvgIpc) is 2.70. The molecule has 1 aromatic heterocycles. The quantitative estimate of drug-likeness (QED) is 0.668. The first-order valence-electron chi connectivity index (χ1n) is 5.30. The lowest BCUT2D eigenvalue weighted by molar-refractivity contribution is 0.588. The van der Waals surface area contributed by atoms with E-state index in [0.717, 1.165) is 5.56 Å². The Balaban J connectivity index is 2.06. The maximum Gasteiger partial charge on any atom is 0.245 e. The molecule has 1 aromatic carbocycles. The summed E-state index contributed by atoms with van der Waals surface area (Å²) in [5.41, 5.74) is 3.92. The molecule has 1 aliphatic rings. The summed E-state index contributed by atoms with van der Waals surface area (Å²) >= 11 is 0. The minimum atomic E-state index is -0.472. The van der Waals surface area contributed by atoms with Crippen molar-refractivity contribution in [2.75, 3.05) is 10.7 Å². The third kappa shape index (κ3) is 1.45. The number of nitrogens with zero attached hydrogens (tertiary/aromatic N) is 3. The zero-order valence-corrected chi connectivity index (χ0v) is 9.31. The van der Waals surface area contributed by atoms with Crippen molar-refractivity contribution in [3.8, 4) is 0 Å². The van der Waals surface area contributed by atoms with Crippen LogP contribution >= 0.6 is 0 Å². The lowest BCUT2D eigenvalue weighted by Crippen LogP contribution is -2.40. The zero-order valence-electron chi connectivity index (χ0n) is 9.31. The fraction of sp³-hybridized carbons (Fsp3) is 0.182. The highest BCUT2D eigenvalue weighted by molar-refractivity contribution is 5.43. The molecule has 0 saturated heterocycles. The summed E-state index contributed by atoms with van der Waals surface area (Å²) < 4.78 is 1.53. The molecular weight excluding hydrogens is 216 g/mol. The topological polar surface area (TPSA) is 78.6 Å². The fourth-order valence-electron chi connectivity index (χ4n) is 1.93. The van der Waals surface area contributed by atoms with E-state index in [1.165, 1.54) is 11.0 Å². The van der Waals surface area contributed by atoms with Gasteiger partial charge in [-0.3, -0.25) is 10.8 Å². The highest BCUT2D eigenvalue weighted by Crippen LogP contribution is 2.27. The minimum Gasteiger partial charge on any atom is -0.327 e. The van der Waals surface area contributed by atoms with Crippen molar-refractivity contribution in [1.29, 1.82) is 5.41 Å². The number of fused-ring (bicyclic) bond motifs is 1. The van der Waals surface area contributed by atoms with Gasteiger partial charge in [-0.25, -0.2) is 4.98 Å². The molecule has 1 atom stereocenters. The van der Waals surface area contributed by atoms with Crippen LogP contribution in [0.25, 0.3) is 0 Å². The summed E-state index contributed by atoms with van der Waals surface area (Å²) in [5.74, 6) is 0.594. The number of anilines is 1. The Morgan fingerprint density at radius 3 is 2.71 bits per heavy atom. The molecule has 17 heavy (non-hydrogen) atoms. The van der Waals surface area contributed by atoms with Gasteiger partial charge in [-0.2, -0.15) is 9.66 Å². The van der Waals surface area contributed by atoms with Crippen LogP contribution in [0.3, 0.4) is 0 Å². The third-order valence-electron chi connectivity index (χ3n) is 2.83. The van der Waals surface area contributed by atoms with E-state index in [2.05, 4.69) is 20.7 Å². The lowest BCUT2D eigenvalue weighted by atomic mass is 10.0. The molecule has 0 aliphatic carbocycles. The number of hydrogen-bond donors (Lipinski definition) is 3. The van der Waals surface area contributed by atoms with Gasteiger partial charge in [0.1, 0.15) is 12.0 Å². The largest absolute Gasteiger partial charge is 0.327 e. The summed E-state index contributed by atoms with van der Waals surface area (Å²) in [7, 11) is 0. The summed E-state index contributed by atoms with van der Waals surface area (Å²) in [5, 5.41) is 10.9. The molecule has 6 heteroatoms. The van der Waals surface area contributed by atoms with Crippen LogP contribution in [-0.2, 0) is 5.66 Å². The normalized spacial score (nSPS) is 21.5. The second kappa shape index (κ2) is 3.31. The Morgan fingerprint density at radius 1 is 1.24 bits per heavy atom. The van der Waals surface area contributed by atoms with Crippen LogP contribution < -0.4 is 16.4 Å². The standard InChI is InChI=1S/C11H12N6/c1-11(8-5-3-2-4-6-8)15-10-14-7-13-9(12)17(10)16-11/h2-7,16H,1H3,(H2,12,13,14,15). The van der Waals surface area contributed by atoms with Crippen LogP contribution in [0.2, 0.25) is 0 Å². The molecule has 0 spiro atoms. The first kappa shape index (κ1) is 9.83. The molecule has 3 rings (SSSR count). The van der Waals surface area contributed by atoms with Gasteiger partial charge in [0.2, 0.25) is 11.6 Å². The number of nitrogens with one attached hydrogen (secondary N) is 3. The smallest absolute Gasteiger partial charge is 0.245 e. The molecule has 3 N–H and O–H groups in total. The molecule has 0 fully saturated rings. The van der Waals surface area contributed by atoms with E-state index in [0.29, 0.717) is 5.95 Å². The number of rotatable bonds is 1. The van der Waals surface area contributed by atoms with Gasteiger partial charge in [0.15, 0.2) is 0 Å². The zero-order chi connectivity index (χ0) is 11.9. The second-order valence-electron chi connectivity index (χ2n) is 4.08. The van der Waals surface area contributed by atoms with Gasteiger partial charge in [0.05, 0.1) is 0 Å². The molecule has 0 saturated carbocycles. The van der Waals surface area contributed by atoms with Gasteiger partial charge in [0.25, 0.3) is 0 Å². The van der Waals surface area contributed by atoms with Crippen LogP contribution in [0.5, 0.6) is 0 Å². The van der Waals surface area contributed by atoms with Crippen molar-refractivity contribution in [3.05, 3.63) is 47.8 Å². The minimum absolute atomic E-state index is 0.127. The van der Waals surface area contributed by atoms with E-state index in [4.69, 9.17) is 5.41 Å². The van der Waals surface area contributed by atoms with Crippen LogP contribution in [-0.4, -0.2) is 14.6 Å². The van der Waals surface area contributed by atoms with Gasteiger partial charge >= 0.3 is 0 Å². The Labute approximate surface area is 97.8 Å². The molecule has 1 aliphatic heterocycles. The Kier molecular flexibility index (Phi) is 1.91. The van der Waals surface area contributed by atoms with E-state index in [9.17, 15) is 0 Å². The molecule has 86 valence electrons. The summed E-state index contributed by atoms with van der Waals surface area (Å²) in [6.45, 7) is 2.00. The molecule has 1 unspecified atom stereocenters. The van der Waals surface area contributed by atoms with Gasteiger partial charge in [-0.1, -0.05) is 30.3 Å². The SMILES string of the molecule is CC1(c2ccccc2)Nc2ncnc(=N)n2N1. The summed E-state index contributed by atoms with van der Waals surface area (Å²) in [6.07, 6.45) is 1.37. The molecule has 0 bridgehead atoms. The average molecular weight is 228 g/mol. The second-order valence-corrected chi connectivity index (χ2v) is 4.08. The molecular formula is C11H12N6. The van der Waals surface area contributed by atoms with Crippen LogP contribution in [0.4, 0.5) is 5.95 Å². The van der Waals surface area contributed by atoms with Crippen molar-refractivity contribution in [2.45, 2.75) is 12.6 Å². The van der Waals surface area contributed by atoms with Gasteiger partial charge < -0.3 is 5.32 Å². The van der Waals surface area contributed by atoms with Gasteiger partial charge in [0, 0.05) is 0 Å². The monoisotopic (exact) mass is 228 g/mol. The van der Waals surface area contributed by atoms with E-state index < -0.39 is 5.66 Å². The summed E-state index contributed by atoms with van der Waals surface area (Å²) in [4.78, 5) is 7.93. The van der Waals surface area contributed by atoms with Crippen LogP contribution in [0.1, 0.15) is 12.5 Å².